The molecule has 1 aromatic carbocycles. The molecular weight excluding hydrogens is 266 g/mol. The van der Waals surface area contributed by atoms with Gasteiger partial charge in [-0.2, -0.15) is 5.10 Å². The Kier molecular flexibility index (Phi) is 4.01. The highest BCUT2D eigenvalue weighted by atomic mass is 16.3. The third-order valence-corrected chi connectivity index (χ3v) is 3.68. The molecule has 1 amide bonds. The molecule has 1 atom stereocenters. The fourth-order valence-corrected chi connectivity index (χ4v) is 2.29. The van der Waals surface area contributed by atoms with E-state index in [-0.39, 0.29) is 12.3 Å². The molecule has 0 bridgehead atoms. The molecule has 21 heavy (non-hydrogen) atoms. The van der Waals surface area contributed by atoms with E-state index in [4.69, 9.17) is 0 Å². The second-order valence-electron chi connectivity index (χ2n) is 5.52. The molecule has 110 valence electrons. The van der Waals surface area contributed by atoms with Crippen LogP contribution >= 0.6 is 0 Å². The summed E-state index contributed by atoms with van der Waals surface area (Å²) >= 11 is 0. The van der Waals surface area contributed by atoms with E-state index < -0.39 is 6.10 Å². The van der Waals surface area contributed by atoms with Crippen molar-refractivity contribution in [2.24, 2.45) is 5.92 Å². The van der Waals surface area contributed by atoms with Crippen LogP contribution < -0.4 is 5.32 Å². The Morgan fingerprint density at radius 2 is 2.10 bits per heavy atom. The van der Waals surface area contributed by atoms with Crippen LogP contribution in [0.4, 0.5) is 5.82 Å². The van der Waals surface area contributed by atoms with Crippen LogP contribution in [0.1, 0.15) is 30.9 Å². The van der Waals surface area contributed by atoms with Crippen LogP contribution in [-0.4, -0.2) is 20.8 Å². The SMILES string of the molecule is O=C(CC(O)c1ccccc1)Nc1ccnn1CC1CC1. The van der Waals surface area contributed by atoms with Crippen molar-refractivity contribution in [2.75, 3.05) is 5.32 Å². The number of carbonyl (C=O) groups excluding carboxylic acids is 1. The summed E-state index contributed by atoms with van der Waals surface area (Å²) in [7, 11) is 0. The van der Waals surface area contributed by atoms with Gasteiger partial charge < -0.3 is 10.4 Å². The number of carbonyl (C=O) groups is 1. The van der Waals surface area contributed by atoms with Crippen LogP contribution in [-0.2, 0) is 11.3 Å². The van der Waals surface area contributed by atoms with Crippen molar-refractivity contribution < 1.29 is 9.90 Å². The lowest BCUT2D eigenvalue weighted by atomic mass is 10.1. The minimum Gasteiger partial charge on any atom is -0.388 e. The van der Waals surface area contributed by atoms with Gasteiger partial charge >= 0.3 is 0 Å². The first-order chi connectivity index (χ1) is 10.2. The second-order valence-corrected chi connectivity index (χ2v) is 5.52. The Labute approximate surface area is 123 Å². The van der Waals surface area contributed by atoms with Crippen molar-refractivity contribution in [2.45, 2.75) is 31.9 Å². The lowest BCUT2D eigenvalue weighted by Crippen LogP contribution is -2.18. The van der Waals surface area contributed by atoms with Crippen LogP contribution in [0.3, 0.4) is 0 Å². The van der Waals surface area contributed by atoms with Crippen LogP contribution in [0.2, 0.25) is 0 Å². The Morgan fingerprint density at radius 1 is 1.33 bits per heavy atom. The van der Waals surface area contributed by atoms with E-state index in [0.717, 1.165) is 12.1 Å². The molecule has 0 spiro atoms. The molecule has 0 radical (unpaired) electrons. The first-order valence-electron chi connectivity index (χ1n) is 7.27. The number of hydrogen-bond donors (Lipinski definition) is 2. The Hall–Kier alpha value is -2.14. The zero-order chi connectivity index (χ0) is 14.7. The second kappa shape index (κ2) is 6.10. The van der Waals surface area contributed by atoms with Gasteiger partial charge in [-0.1, -0.05) is 30.3 Å². The summed E-state index contributed by atoms with van der Waals surface area (Å²) in [4.78, 5) is 12.0. The third-order valence-electron chi connectivity index (χ3n) is 3.68. The lowest BCUT2D eigenvalue weighted by Gasteiger charge is -2.12. The summed E-state index contributed by atoms with van der Waals surface area (Å²) < 4.78 is 1.82. The van der Waals surface area contributed by atoms with E-state index >= 15 is 0 Å². The van der Waals surface area contributed by atoms with Gasteiger partial charge in [0.1, 0.15) is 5.82 Å². The summed E-state index contributed by atoms with van der Waals surface area (Å²) in [5, 5.41) is 17.1. The Balaban J connectivity index is 1.57. The number of hydrogen-bond acceptors (Lipinski definition) is 3. The average molecular weight is 285 g/mol. The summed E-state index contributed by atoms with van der Waals surface area (Å²) in [6.07, 6.45) is 3.41. The molecule has 5 nitrogen and oxygen atoms in total. The number of benzene rings is 1. The number of aliphatic hydroxyl groups excluding tert-OH is 1. The number of nitrogens with zero attached hydrogens (tertiary/aromatic N) is 2. The molecule has 2 N–H and O–H groups in total. The molecule has 1 saturated carbocycles. The summed E-state index contributed by atoms with van der Waals surface area (Å²) in [5.74, 6) is 1.19. The van der Waals surface area contributed by atoms with Crippen LogP contribution in [0, 0.1) is 5.92 Å². The van der Waals surface area contributed by atoms with Crippen molar-refractivity contribution >= 4 is 11.7 Å². The van der Waals surface area contributed by atoms with Crippen molar-refractivity contribution in [3.8, 4) is 0 Å². The standard InChI is InChI=1S/C16H19N3O2/c20-14(13-4-2-1-3-5-13)10-16(21)18-15-8-9-17-19(15)11-12-6-7-12/h1-5,8-9,12,14,20H,6-7,10-11H2,(H,18,21). The molecule has 1 fully saturated rings. The lowest BCUT2D eigenvalue weighted by molar-refractivity contribution is -0.118. The largest absolute Gasteiger partial charge is 0.388 e. The molecule has 0 saturated heterocycles. The third kappa shape index (κ3) is 3.70. The number of aliphatic hydroxyl groups is 1. The van der Waals surface area contributed by atoms with Gasteiger partial charge in [0.2, 0.25) is 5.91 Å². The molecule has 1 unspecified atom stereocenters. The van der Waals surface area contributed by atoms with E-state index in [1.165, 1.54) is 12.8 Å². The molecule has 1 aliphatic rings. The van der Waals surface area contributed by atoms with Gasteiger partial charge in [0.25, 0.3) is 0 Å². The fraction of sp³-hybridized carbons (Fsp3) is 0.375. The summed E-state index contributed by atoms with van der Waals surface area (Å²) in [6, 6.07) is 11.0. The quantitative estimate of drug-likeness (QED) is 0.856. The number of anilines is 1. The van der Waals surface area contributed by atoms with Crippen molar-refractivity contribution in [1.29, 1.82) is 0 Å². The molecule has 3 rings (SSSR count). The van der Waals surface area contributed by atoms with Gasteiger partial charge in [-0.05, 0) is 24.3 Å². The van der Waals surface area contributed by atoms with Crippen molar-refractivity contribution in [3.63, 3.8) is 0 Å². The highest BCUT2D eigenvalue weighted by molar-refractivity contribution is 5.90. The van der Waals surface area contributed by atoms with E-state index in [1.54, 1.807) is 12.3 Å². The monoisotopic (exact) mass is 285 g/mol. The molecule has 0 aliphatic heterocycles. The summed E-state index contributed by atoms with van der Waals surface area (Å²) in [6.45, 7) is 0.851. The molecule has 2 aromatic rings. The van der Waals surface area contributed by atoms with Crippen LogP contribution in [0.25, 0.3) is 0 Å². The first kappa shape index (κ1) is 13.8. The average Bonchev–Trinajstić information content (AvgIpc) is 3.20. The van der Waals surface area contributed by atoms with E-state index in [9.17, 15) is 9.90 Å². The predicted molar refractivity (Wildman–Crippen MR) is 79.6 cm³/mol. The smallest absolute Gasteiger partial charge is 0.228 e. The minimum atomic E-state index is -0.786. The van der Waals surface area contributed by atoms with Crippen molar-refractivity contribution in [1.82, 2.24) is 9.78 Å². The van der Waals surface area contributed by atoms with Gasteiger partial charge in [-0.25, -0.2) is 4.68 Å². The van der Waals surface area contributed by atoms with Gasteiger partial charge in [0, 0.05) is 12.6 Å². The number of aromatic nitrogens is 2. The predicted octanol–water partition coefficient (Wildman–Crippen LogP) is 2.36. The molecule has 1 heterocycles. The topological polar surface area (TPSA) is 67.2 Å². The van der Waals surface area contributed by atoms with Crippen LogP contribution in [0.15, 0.2) is 42.6 Å². The van der Waals surface area contributed by atoms with Gasteiger partial charge in [-0.3, -0.25) is 4.79 Å². The zero-order valence-corrected chi connectivity index (χ0v) is 11.8. The zero-order valence-electron chi connectivity index (χ0n) is 11.8. The Morgan fingerprint density at radius 3 is 2.81 bits per heavy atom. The van der Waals surface area contributed by atoms with Gasteiger partial charge in [0.15, 0.2) is 0 Å². The molecule has 1 aromatic heterocycles. The normalized spacial score (nSPS) is 15.7. The maximum absolute atomic E-state index is 12.0. The minimum absolute atomic E-state index is 0.0403. The van der Waals surface area contributed by atoms with Crippen molar-refractivity contribution in [3.05, 3.63) is 48.2 Å². The Bertz CT molecular complexity index is 605. The maximum atomic E-state index is 12.0. The number of amides is 1. The van der Waals surface area contributed by atoms with Crippen LogP contribution in [0.5, 0.6) is 0 Å². The van der Waals surface area contributed by atoms with Gasteiger partial charge in [-0.15, -0.1) is 0 Å². The fourth-order valence-electron chi connectivity index (χ4n) is 2.29. The molecule has 1 aliphatic carbocycles. The van der Waals surface area contributed by atoms with E-state index in [1.807, 2.05) is 35.0 Å². The number of nitrogens with one attached hydrogen (secondary N) is 1. The van der Waals surface area contributed by atoms with Gasteiger partial charge in [0.05, 0.1) is 18.7 Å². The summed E-state index contributed by atoms with van der Waals surface area (Å²) in [5.41, 5.74) is 0.749. The van der Waals surface area contributed by atoms with E-state index in [2.05, 4.69) is 10.4 Å². The highest BCUT2D eigenvalue weighted by Crippen LogP contribution is 2.31. The van der Waals surface area contributed by atoms with E-state index in [0.29, 0.717) is 11.7 Å². The maximum Gasteiger partial charge on any atom is 0.228 e. The molecule has 5 heteroatoms. The molecular formula is C16H19N3O2. The number of rotatable bonds is 6. The first-order valence-corrected chi connectivity index (χ1v) is 7.27. The highest BCUT2D eigenvalue weighted by Gasteiger charge is 2.23.